The number of hydrogen-bond donors (Lipinski definition) is 1. The van der Waals surface area contributed by atoms with Crippen LogP contribution in [0.15, 0.2) is 78.9 Å². The summed E-state index contributed by atoms with van der Waals surface area (Å²) in [5, 5.41) is 3.35. The number of methoxy groups -OCH3 is 2. The minimum absolute atomic E-state index is 0.187. The molecule has 1 saturated heterocycles. The first-order valence-corrected chi connectivity index (χ1v) is 14.9. The van der Waals surface area contributed by atoms with Crippen molar-refractivity contribution in [1.29, 1.82) is 0 Å². The highest BCUT2D eigenvalue weighted by molar-refractivity contribution is 7.46. The lowest BCUT2D eigenvalue weighted by Gasteiger charge is -2.38. The van der Waals surface area contributed by atoms with Crippen molar-refractivity contribution < 1.29 is 28.1 Å². The Balaban J connectivity index is 1.72. The fourth-order valence-electron chi connectivity index (χ4n) is 5.02. The van der Waals surface area contributed by atoms with E-state index in [-0.39, 0.29) is 19.1 Å². The van der Waals surface area contributed by atoms with Crippen LogP contribution < -0.4 is 14.8 Å². The second kappa shape index (κ2) is 14.0. The van der Waals surface area contributed by atoms with E-state index in [0.717, 1.165) is 16.7 Å². The molecule has 0 bridgehead atoms. The summed E-state index contributed by atoms with van der Waals surface area (Å²) in [4.78, 5) is 32.0. The van der Waals surface area contributed by atoms with Crippen LogP contribution in [0.4, 0.5) is 4.79 Å². The van der Waals surface area contributed by atoms with Crippen LogP contribution in [0.3, 0.4) is 0 Å². The van der Waals surface area contributed by atoms with Gasteiger partial charge in [-0.05, 0) is 53.8 Å². The summed E-state index contributed by atoms with van der Waals surface area (Å²) in [5.74, 6) is 1.08. The van der Waals surface area contributed by atoms with Gasteiger partial charge in [0.1, 0.15) is 29.7 Å². The molecular weight excluding hydrogens is 541 g/mol. The monoisotopic (exact) mass is 575 g/mol. The average molecular weight is 576 g/mol. The maximum atomic E-state index is 14.2. The van der Waals surface area contributed by atoms with Gasteiger partial charge in [0.25, 0.3) is 0 Å². The molecule has 0 saturated carbocycles. The number of carbonyl (C=O) groups is 2. The lowest BCUT2D eigenvalue weighted by atomic mass is 9.76. The highest BCUT2D eigenvalue weighted by Crippen LogP contribution is 2.39. The second-order valence-corrected chi connectivity index (χ2v) is 10.7. The highest BCUT2D eigenvalue weighted by Gasteiger charge is 2.43. The molecule has 1 aliphatic rings. The van der Waals surface area contributed by atoms with Crippen molar-refractivity contribution in [2.75, 3.05) is 40.6 Å². The van der Waals surface area contributed by atoms with Crippen LogP contribution in [0.25, 0.3) is 4.85 Å². The number of nitrogens with zero attached hydrogens (tertiary/aromatic N) is 2. The Morgan fingerprint density at radius 2 is 1.51 bits per heavy atom. The van der Waals surface area contributed by atoms with E-state index < -0.39 is 26.0 Å². The van der Waals surface area contributed by atoms with Crippen LogP contribution >= 0.6 is 8.38 Å². The molecule has 0 radical (unpaired) electrons. The zero-order chi connectivity index (χ0) is 29.2. The van der Waals surface area contributed by atoms with Gasteiger partial charge < -0.3 is 28.7 Å². The Labute approximate surface area is 242 Å². The Morgan fingerprint density at radius 1 is 0.951 bits per heavy atom. The number of carbonyl (C=O) groups excluding carboxylic acids is 2. The first-order valence-electron chi connectivity index (χ1n) is 13.3. The molecule has 0 aromatic heterocycles. The van der Waals surface area contributed by atoms with E-state index in [0.29, 0.717) is 30.9 Å². The molecule has 0 aliphatic carbocycles. The van der Waals surface area contributed by atoms with E-state index in [1.807, 2.05) is 78.9 Å². The van der Waals surface area contributed by atoms with E-state index in [9.17, 15) is 9.59 Å². The molecule has 9 nitrogen and oxygen atoms in total. The van der Waals surface area contributed by atoms with Crippen LogP contribution in [0, 0.1) is 6.57 Å². The Morgan fingerprint density at radius 3 is 2.05 bits per heavy atom. The van der Waals surface area contributed by atoms with Crippen molar-refractivity contribution >= 4 is 20.4 Å². The van der Waals surface area contributed by atoms with Crippen molar-refractivity contribution in [1.82, 2.24) is 10.2 Å². The number of hydrogen-bond acceptors (Lipinski definition) is 6. The third-order valence-electron chi connectivity index (χ3n) is 7.04. The molecule has 4 rings (SSSR count). The maximum Gasteiger partial charge on any atom is 0.415 e. The van der Waals surface area contributed by atoms with Crippen molar-refractivity contribution in [3.8, 4) is 11.5 Å². The largest absolute Gasteiger partial charge is 0.497 e. The van der Waals surface area contributed by atoms with Crippen LogP contribution in [-0.4, -0.2) is 63.5 Å². The molecule has 1 heterocycles. The van der Waals surface area contributed by atoms with Gasteiger partial charge in [-0.2, -0.15) is 0 Å². The Hall–Kier alpha value is -4.12. The van der Waals surface area contributed by atoms with Gasteiger partial charge in [0.2, 0.25) is 20.8 Å². The predicted molar refractivity (Wildman–Crippen MR) is 157 cm³/mol. The molecule has 2 amide bonds. The zero-order valence-electron chi connectivity index (χ0n) is 23.4. The van der Waals surface area contributed by atoms with Crippen molar-refractivity contribution in [2.24, 2.45) is 0 Å². The average Bonchev–Trinajstić information content (AvgIpc) is 3.51. The van der Waals surface area contributed by atoms with Crippen LogP contribution in [-0.2, 0) is 19.4 Å². The maximum absolute atomic E-state index is 14.2. The van der Waals surface area contributed by atoms with E-state index in [2.05, 4.69) is 10.2 Å². The summed E-state index contributed by atoms with van der Waals surface area (Å²) in [6.45, 7) is 9.31. The molecule has 3 aromatic rings. The number of amides is 2. The molecule has 0 spiro atoms. The second-order valence-electron chi connectivity index (χ2n) is 9.43. The fraction of sp³-hybridized carbons (Fsp3) is 0.323. The molecule has 1 aliphatic heterocycles. The van der Waals surface area contributed by atoms with Gasteiger partial charge in [0.05, 0.1) is 14.2 Å². The summed E-state index contributed by atoms with van der Waals surface area (Å²) < 4.78 is 21.8. The predicted octanol–water partition coefficient (Wildman–Crippen LogP) is 5.59. The normalized spacial score (nSPS) is 15.5. The van der Waals surface area contributed by atoms with Crippen LogP contribution in [0.5, 0.6) is 11.5 Å². The molecule has 1 N–H and O–H groups in total. The van der Waals surface area contributed by atoms with E-state index >= 15 is 0 Å². The molecule has 2 atom stereocenters. The van der Waals surface area contributed by atoms with Gasteiger partial charge >= 0.3 is 6.09 Å². The van der Waals surface area contributed by atoms with Gasteiger partial charge in [-0.15, -0.1) is 0 Å². The summed E-state index contributed by atoms with van der Waals surface area (Å²) >= 11 is 0. The van der Waals surface area contributed by atoms with Gasteiger partial charge in [-0.25, -0.2) is 11.4 Å². The molecule has 10 heteroatoms. The topological polar surface area (TPSA) is 90.7 Å². The van der Waals surface area contributed by atoms with Crippen molar-refractivity contribution in [2.45, 2.75) is 24.4 Å². The lowest BCUT2D eigenvalue weighted by Crippen LogP contribution is -2.54. The first kappa shape index (κ1) is 29.9. The van der Waals surface area contributed by atoms with Crippen molar-refractivity contribution in [3.05, 3.63) is 107 Å². The fourth-order valence-corrected chi connectivity index (χ4v) is 5.73. The number of benzene rings is 3. The van der Waals surface area contributed by atoms with Crippen molar-refractivity contribution in [3.63, 3.8) is 0 Å². The van der Waals surface area contributed by atoms with E-state index in [4.69, 9.17) is 25.1 Å². The molecule has 214 valence electrons. The molecule has 3 aromatic carbocycles. The van der Waals surface area contributed by atoms with Crippen LogP contribution in [0.1, 0.15) is 29.5 Å². The molecular formula is C31H34N3O6P. The van der Waals surface area contributed by atoms with Gasteiger partial charge in [-0.1, -0.05) is 54.6 Å². The standard InChI is InChI=1S/C31H34N3O6P/c1-32-20-22-39-41(4)40-30(36)34-21-8-11-28(34)29(35)33-31(23-9-6-5-7-10-23,24-12-16-26(37-2)17-13-24)25-14-18-27(38-3)19-15-25/h5-7,9-10,12-19,28H,8,11,20-22H2,2-4H3,(H,33,35). The quantitative estimate of drug-likeness (QED) is 0.139. The smallest absolute Gasteiger partial charge is 0.415 e. The third-order valence-corrected chi connectivity index (χ3v) is 8.00. The number of ether oxygens (including phenoxy) is 2. The van der Waals surface area contributed by atoms with Gasteiger partial charge in [-0.3, -0.25) is 9.69 Å². The number of rotatable bonds is 11. The first-order chi connectivity index (χ1) is 19.9. The minimum Gasteiger partial charge on any atom is -0.497 e. The highest BCUT2D eigenvalue weighted by atomic mass is 31.2. The molecule has 1 fully saturated rings. The SMILES string of the molecule is [C-]#[N+]CCOP(C)OC(=O)N1CCCC1C(=O)NC(c1ccccc1)(c1ccc(OC)cc1)c1ccc(OC)cc1. The van der Waals surface area contributed by atoms with E-state index in [1.165, 1.54) is 4.90 Å². The third kappa shape index (κ3) is 6.79. The van der Waals surface area contributed by atoms with Gasteiger partial charge in [0, 0.05) is 13.2 Å². The molecule has 41 heavy (non-hydrogen) atoms. The zero-order valence-corrected chi connectivity index (χ0v) is 24.3. The number of likely N-dealkylation sites (tertiary alicyclic amines) is 1. The summed E-state index contributed by atoms with van der Waals surface area (Å²) in [6.07, 6.45) is 0.562. The van der Waals surface area contributed by atoms with E-state index in [1.54, 1.807) is 20.9 Å². The van der Waals surface area contributed by atoms with Gasteiger partial charge in [0.15, 0.2) is 0 Å². The lowest BCUT2D eigenvalue weighted by molar-refractivity contribution is -0.126. The summed E-state index contributed by atoms with van der Waals surface area (Å²) in [6, 6.07) is 24.2. The van der Waals surface area contributed by atoms with Crippen LogP contribution in [0.2, 0.25) is 0 Å². The Bertz CT molecular complexity index is 1300. The Kier molecular flexibility index (Phi) is 10.2. The summed E-state index contributed by atoms with van der Waals surface area (Å²) in [7, 11) is 1.69. The number of nitrogens with one attached hydrogen (secondary N) is 1. The molecule has 2 unspecified atom stereocenters. The summed E-state index contributed by atoms with van der Waals surface area (Å²) in [5.41, 5.74) is 1.40. The minimum atomic E-state index is -1.52.